The van der Waals surface area contributed by atoms with Crippen LogP contribution < -0.4 is 0 Å². The smallest absolute Gasteiger partial charge is 0.126 e. The van der Waals surface area contributed by atoms with Gasteiger partial charge < -0.3 is 5.11 Å². The zero-order valence-electron chi connectivity index (χ0n) is 15.3. The molecule has 0 fully saturated rings. The van der Waals surface area contributed by atoms with Crippen LogP contribution in [-0.4, -0.2) is 5.11 Å². The highest BCUT2D eigenvalue weighted by Crippen LogP contribution is 2.36. The van der Waals surface area contributed by atoms with Gasteiger partial charge in [-0.3, -0.25) is 0 Å². The molecule has 0 amide bonds. The molecular weight excluding hydrogens is 292 g/mol. The second kappa shape index (κ2) is 6.84. The monoisotopic (exact) mass is 320 g/mol. The van der Waals surface area contributed by atoms with E-state index >= 15 is 0 Å². The maximum atomic E-state index is 10.5. The molecule has 0 aliphatic heterocycles. The molecule has 1 atom stereocenters. The Hall–Kier alpha value is -2.02. The maximum Gasteiger partial charge on any atom is 0.126 e. The summed E-state index contributed by atoms with van der Waals surface area (Å²) in [6.07, 6.45) is 9.18. The molecule has 0 saturated heterocycles. The predicted octanol–water partition coefficient (Wildman–Crippen LogP) is 6.15. The molecule has 24 heavy (non-hydrogen) atoms. The molecule has 2 aromatic carbocycles. The summed E-state index contributed by atoms with van der Waals surface area (Å²) in [4.78, 5) is 0. The SMILES string of the molecule is Cc1c(C)c(C)c(C=CCC2CCCc3ccccc32)c(O)c1C. The topological polar surface area (TPSA) is 20.2 Å². The van der Waals surface area contributed by atoms with E-state index in [0.717, 1.165) is 17.5 Å². The molecule has 0 bridgehead atoms. The Morgan fingerprint density at radius 1 is 1.00 bits per heavy atom. The number of benzene rings is 2. The van der Waals surface area contributed by atoms with E-state index in [-0.39, 0.29) is 0 Å². The summed E-state index contributed by atoms with van der Waals surface area (Å²) in [6, 6.07) is 8.86. The van der Waals surface area contributed by atoms with Crippen LogP contribution in [-0.2, 0) is 6.42 Å². The van der Waals surface area contributed by atoms with Crippen LogP contribution in [0.25, 0.3) is 6.08 Å². The summed E-state index contributed by atoms with van der Waals surface area (Å²) in [5.41, 5.74) is 8.70. The first-order chi connectivity index (χ1) is 11.5. The summed E-state index contributed by atoms with van der Waals surface area (Å²) in [6.45, 7) is 8.35. The molecule has 126 valence electrons. The van der Waals surface area contributed by atoms with Crippen molar-refractivity contribution in [1.82, 2.24) is 0 Å². The van der Waals surface area contributed by atoms with Crippen molar-refractivity contribution < 1.29 is 5.11 Å². The fourth-order valence-electron chi connectivity index (χ4n) is 3.98. The van der Waals surface area contributed by atoms with Crippen molar-refractivity contribution in [3.8, 4) is 5.75 Å². The minimum Gasteiger partial charge on any atom is -0.507 e. The Labute approximate surface area is 146 Å². The first-order valence-electron chi connectivity index (χ1n) is 9.04. The fourth-order valence-corrected chi connectivity index (χ4v) is 3.98. The molecular formula is C23H28O. The van der Waals surface area contributed by atoms with E-state index in [9.17, 15) is 5.11 Å². The standard InChI is InChI=1S/C23H28O/c1-15-16(2)18(4)23(24)21(17(15)3)14-8-12-20-11-7-10-19-9-5-6-13-22(19)20/h5-6,8-9,13-14,20,24H,7,10-12H2,1-4H3. The second-order valence-corrected chi connectivity index (χ2v) is 7.19. The van der Waals surface area contributed by atoms with E-state index in [1.54, 1.807) is 0 Å². The van der Waals surface area contributed by atoms with Crippen molar-refractivity contribution in [2.24, 2.45) is 0 Å². The molecule has 1 heteroatoms. The normalized spacial score (nSPS) is 17.2. The maximum absolute atomic E-state index is 10.5. The summed E-state index contributed by atoms with van der Waals surface area (Å²) in [7, 11) is 0. The summed E-state index contributed by atoms with van der Waals surface area (Å²) < 4.78 is 0. The highest BCUT2D eigenvalue weighted by Gasteiger charge is 2.18. The lowest BCUT2D eigenvalue weighted by molar-refractivity contribution is 0.468. The van der Waals surface area contributed by atoms with Crippen LogP contribution in [0.1, 0.15) is 64.1 Å². The van der Waals surface area contributed by atoms with Crippen molar-refractivity contribution in [1.29, 1.82) is 0 Å². The fraction of sp³-hybridized carbons (Fsp3) is 0.391. The van der Waals surface area contributed by atoms with Crippen LogP contribution in [0.4, 0.5) is 0 Å². The van der Waals surface area contributed by atoms with Crippen molar-refractivity contribution in [3.63, 3.8) is 0 Å². The third kappa shape index (κ3) is 3.00. The zero-order chi connectivity index (χ0) is 17.3. The van der Waals surface area contributed by atoms with Crippen LogP contribution in [0, 0.1) is 27.7 Å². The number of hydrogen-bond acceptors (Lipinski definition) is 1. The average Bonchev–Trinajstić information content (AvgIpc) is 2.61. The quantitative estimate of drug-likeness (QED) is 0.719. The highest BCUT2D eigenvalue weighted by molar-refractivity contribution is 5.66. The summed E-state index contributed by atoms with van der Waals surface area (Å²) >= 11 is 0. The van der Waals surface area contributed by atoms with Gasteiger partial charge >= 0.3 is 0 Å². The number of phenolic OH excluding ortho intramolecular Hbond substituents is 1. The molecule has 1 unspecified atom stereocenters. The summed E-state index contributed by atoms with van der Waals surface area (Å²) in [5.74, 6) is 1.05. The molecule has 1 nitrogen and oxygen atoms in total. The number of allylic oxidation sites excluding steroid dienone is 1. The van der Waals surface area contributed by atoms with Gasteiger partial charge in [-0.15, -0.1) is 0 Å². The lowest BCUT2D eigenvalue weighted by Crippen LogP contribution is -2.08. The van der Waals surface area contributed by atoms with Crippen molar-refractivity contribution >= 4 is 6.08 Å². The molecule has 0 spiro atoms. The van der Waals surface area contributed by atoms with Crippen LogP contribution in [0.2, 0.25) is 0 Å². The first kappa shape index (κ1) is 16.8. The van der Waals surface area contributed by atoms with E-state index < -0.39 is 0 Å². The van der Waals surface area contributed by atoms with Gasteiger partial charge in [0.25, 0.3) is 0 Å². The number of hydrogen-bond donors (Lipinski definition) is 1. The third-order valence-corrected chi connectivity index (χ3v) is 5.90. The molecule has 1 aliphatic rings. The van der Waals surface area contributed by atoms with Crippen molar-refractivity contribution in [2.45, 2.75) is 59.3 Å². The van der Waals surface area contributed by atoms with Crippen LogP contribution in [0.5, 0.6) is 5.75 Å². The molecule has 3 rings (SSSR count). The summed E-state index contributed by atoms with van der Waals surface area (Å²) in [5, 5.41) is 10.5. The molecule has 2 aromatic rings. The van der Waals surface area contributed by atoms with E-state index in [2.05, 4.69) is 57.2 Å². The van der Waals surface area contributed by atoms with Gasteiger partial charge in [0.2, 0.25) is 0 Å². The van der Waals surface area contributed by atoms with E-state index in [1.165, 1.54) is 47.1 Å². The van der Waals surface area contributed by atoms with Crippen LogP contribution in [0.15, 0.2) is 30.3 Å². The Bertz CT molecular complexity index is 754. The van der Waals surface area contributed by atoms with Gasteiger partial charge in [0, 0.05) is 5.56 Å². The van der Waals surface area contributed by atoms with E-state index in [1.807, 2.05) is 6.92 Å². The molecule has 1 N–H and O–H groups in total. The van der Waals surface area contributed by atoms with E-state index in [4.69, 9.17) is 0 Å². The molecule has 0 heterocycles. The lowest BCUT2D eigenvalue weighted by Gasteiger charge is -2.24. The number of rotatable bonds is 3. The van der Waals surface area contributed by atoms with Crippen LogP contribution >= 0.6 is 0 Å². The molecule has 0 saturated carbocycles. The number of aryl methyl sites for hydroxylation is 1. The predicted molar refractivity (Wildman–Crippen MR) is 103 cm³/mol. The molecule has 0 aromatic heterocycles. The number of fused-ring (bicyclic) bond motifs is 1. The first-order valence-corrected chi connectivity index (χ1v) is 9.04. The van der Waals surface area contributed by atoms with Gasteiger partial charge in [-0.05, 0) is 92.7 Å². The Morgan fingerprint density at radius 3 is 2.50 bits per heavy atom. The van der Waals surface area contributed by atoms with Gasteiger partial charge in [0.05, 0.1) is 0 Å². The zero-order valence-corrected chi connectivity index (χ0v) is 15.3. The van der Waals surface area contributed by atoms with Gasteiger partial charge in [-0.1, -0.05) is 36.4 Å². The second-order valence-electron chi connectivity index (χ2n) is 7.19. The number of aromatic hydroxyl groups is 1. The van der Waals surface area contributed by atoms with Crippen molar-refractivity contribution in [3.05, 3.63) is 69.3 Å². The van der Waals surface area contributed by atoms with Gasteiger partial charge in [0.15, 0.2) is 0 Å². The highest BCUT2D eigenvalue weighted by atomic mass is 16.3. The number of phenols is 1. The minimum absolute atomic E-state index is 0.441. The van der Waals surface area contributed by atoms with Gasteiger partial charge in [0.1, 0.15) is 5.75 Å². The van der Waals surface area contributed by atoms with Crippen LogP contribution in [0.3, 0.4) is 0 Å². The average molecular weight is 320 g/mol. The van der Waals surface area contributed by atoms with Crippen molar-refractivity contribution in [2.75, 3.05) is 0 Å². The van der Waals surface area contributed by atoms with Gasteiger partial charge in [-0.25, -0.2) is 0 Å². The Morgan fingerprint density at radius 2 is 1.71 bits per heavy atom. The largest absolute Gasteiger partial charge is 0.507 e. The third-order valence-electron chi connectivity index (χ3n) is 5.90. The lowest BCUT2D eigenvalue weighted by atomic mass is 9.81. The Balaban J connectivity index is 1.84. The molecule has 0 radical (unpaired) electrons. The Kier molecular flexibility index (Phi) is 4.80. The molecule has 1 aliphatic carbocycles. The van der Waals surface area contributed by atoms with Gasteiger partial charge in [-0.2, -0.15) is 0 Å². The minimum atomic E-state index is 0.441. The van der Waals surface area contributed by atoms with E-state index in [0.29, 0.717) is 11.7 Å².